The van der Waals surface area contributed by atoms with Crippen molar-refractivity contribution in [1.82, 2.24) is 5.32 Å². The Morgan fingerprint density at radius 1 is 1.41 bits per heavy atom. The first-order chi connectivity index (χ1) is 7.86. The lowest BCUT2D eigenvalue weighted by atomic mass is 10.1. The Kier molecular flexibility index (Phi) is 4.08. The van der Waals surface area contributed by atoms with Crippen molar-refractivity contribution in [3.05, 3.63) is 23.8 Å². The van der Waals surface area contributed by atoms with Gasteiger partial charge in [-0.2, -0.15) is 0 Å². The topological polar surface area (TPSA) is 115 Å². The molecular weight excluding hydrogens is 242 g/mol. The van der Waals surface area contributed by atoms with Crippen LogP contribution < -0.4 is 16.2 Å². The lowest BCUT2D eigenvalue weighted by molar-refractivity contribution is 0.0954. The Morgan fingerprint density at radius 2 is 2.06 bits per heavy atom. The summed E-state index contributed by atoms with van der Waals surface area (Å²) < 4.78 is 22.3. The molecule has 0 atom stereocenters. The minimum absolute atomic E-state index is 0.116. The molecule has 17 heavy (non-hydrogen) atoms. The van der Waals surface area contributed by atoms with E-state index in [2.05, 4.69) is 5.32 Å². The van der Waals surface area contributed by atoms with Gasteiger partial charge in [0.2, 0.25) is 10.0 Å². The van der Waals surface area contributed by atoms with Crippen molar-refractivity contribution in [2.75, 3.05) is 12.3 Å². The van der Waals surface area contributed by atoms with Crippen molar-refractivity contribution in [3.8, 4) is 0 Å². The highest BCUT2D eigenvalue weighted by molar-refractivity contribution is 7.89. The van der Waals surface area contributed by atoms with Crippen LogP contribution in [-0.4, -0.2) is 20.9 Å². The molecule has 0 aromatic heterocycles. The van der Waals surface area contributed by atoms with Gasteiger partial charge in [-0.15, -0.1) is 0 Å². The summed E-state index contributed by atoms with van der Waals surface area (Å²) in [6, 6.07) is 3.79. The fourth-order valence-electron chi connectivity index (χ4n) is 1.24. The summed E-state index contributed by atoms with van der Waals surface area (Å²) in [5.74, 6) is -0.408. The lowest BCUT2D eigenvalue weighted by Crippen LogP contribution is -2.25. The summed E-state index contributed by atoms with van der Waals surface area (Å²) in [7, 11) is -3.83. The minimum atomic E-state index is -3.83. The molecule has 0 heterocycles. The number of primary sulfonamides is 1. The van der Waals surface area contributed by atoms with Gasteiger partial charge in [0.1, 0.15) is 0 Å². The molecule has 0 fully saturated rings. The van der Waals surface area contributed by atoms with Gasteiger partial charge < -0.3 is 11.1 Å². The van der Waals surface area contributed by atoms with Crippen LogP contribution in [0.25, 0.3) is 0 Å². The number of benzene rings is 1. The Labute approximate surface area is 100 Å². The van der Waals surface area contributed by atoms with Crippen LogP contribution in [0.1, 0.15) is 23.7 Å². The molecule has 0 spiro atoms. The summed E-state index contributed by atoms with van der Waals surface area (Å²) in [4.78, 5) is 11.5. The van der Waals surface area contributed by atoms with Crippen LogP contribution in [0.3, 0.4) is 0 Å². The lowest BCUT2D eigenvalue weighted by Gasteiger charge is -2.08. The van der Waals surface area contributed by atoms with E-state index in [-0.39, 0.29) is 16.1 Å². The number of sulfonamides is 1. The van der Waals surface area contributed by atoms with Crippen LogP contribution in [0.5, 0.6) is 0 Å². The molecule has 0 bridgehead atoms. The zero-order valence-corrected chi connectivity index (χ0v) is 10.3. The number of nitrogen functional groups attached to an aromatic ring is 1. The van der Waals surface area contributed by atoms with Crippen molar-refractivity contribution in [2.24, 2.45) is 5.14 Å². The zero-order valence-electron chi connectivity index (χ0n) is 9.43. The molecule has 0 aliphatic heterocycles. The van der Waals surface area contributed by atoms with Gasteiger partial charge in [-0.3, -0.25) is 4.79 Å². The quantitative estimate of drug-likeness (QED) is 0.661. The molecule has 5 N–H and O–H groups in total. The molecular formula is C10H15N3O3S. The van der Waals surface area contributed by atoms with E-state index >= 15 is 0 Å². The maximum Gasteiger partial charge on any atom is 0.253 e. The average Bonchev–Trinajstić information content (AvgIpc) is 2.24. The second-order valence-electron chi connectivity index (χ2n) is 3.55. The number of rotatable bonds is 4. The number of carbonyl (C=O) groups is 1. The van der Waals surface area contributed by atoms with E-state index in [0.29, 0.717) is 6.54 Å². The summed E-state index contributed by atoms with van der Waals surface area (Å²) in [6.07, 6.45) is 0.778. The highest BCUT2D eigenvalue weighted by Gasteiger charge is 2.14. The van der Waals surface area contributed by atoms with Gasteiger partial charge in [-0.25, -0.2) is 13.6 Å². The largest absolute Gasteiger partial charge is 0.398 e. The first kappa shape index (κ1) is 13.5. The Bertz CT molecular complexity index is 526. The molecule has 1 rings (SSSR count). The van der Waals surface area contributed by atoms with Gasteiger partial charge in [-0.05, 0) is 24.6 Å². The first-order valence-corrected chi connectivity index (χ1v) is 6.61. The summed E-state index contributed by atoms with van der Waals surface area (Å²) in [6.45, 7) is 2.41. The third-order valence-corrected chi connectivity index (χ3v) is 3.04. The van der Waals surface area contributed by atoms with Crippen LogP contribution in [0.4, 0.5) is 5.69 Å². The van der Waals surface area contributed by atoms with Gasteiger partial charge in [0.25, 0.3) is 5.91 Å². The predicted molar refractivity (Wildman–Crippen MR) is 64.9 cm³/mol. The number of hydrogen-bond donors (Lipinski definition) is 3. The number of amides is 1. The van der Waals surface area contributed by atoms with Gasteiger partial charge in [-0.1, -0.05) is 6.92 Å². The molecule has 0 unspecified atom stereocenters. The fraction of sp³-hybridized carbons (Fsp3) is 0.300. The van der Waals surface area contributed by atoms with Gasteiger partial charge in [0.15, 0.2) is 0 Å². The summed E-state index contributed by atoms with van der Waals surface area (Å²) in [5.41, 5.74) is 5.94. The number of hydrogen-bond acceptors (Lipinski definition) is 4. The highest BCUT2D eigenvalue weighted by atomic mass is 32.2. The normalized spacial score (nSPS) is 11.2. The highest BCUT2D eigenvalue weighted by Crippen LogP contribution is 2.16. The molecule has 0 saturated carbocycles. The monoisotopic (exact) mass is 257 g/mol. The van der Waals surface area contributed by atoms with Crippen molar-refractivity contribution in [3.63, 3.8) is 0 Å². The Hall–Kier alpha value is -1.60. The number of anilines is 1. The number of carbonyl (C=O) groups excluding carboxylic acids is 1. The van der Waals surface area contributed by atoms with Gasteiger partial charge in [0, 0.05) is 12.2 Å². The summed E-state index contributed by atoms with van der Waals surface area (Å²) >= 11 is 0. The predicted octanol–water partition coefficient (Wildman–Crippen LogP) is 0.0560. The van der Waals surface area contributed by atoms with Crippen molar-refractivity contribution < 1.29 is 13.2 Å². The molecule has 1 amide bonds. The van der Waals surface area contributed by atoms with E-state index in [9.17, 15) is 13.2 Å². The average molecular weight is 257 g/mol. The maximum atomic E-state index is 11.7. The van der Waals surface area contributed by atoms with Crippen LogP contribution in [0.2, 0.25) is 0 Å². The van der Waals surface area contributed by atoms with Crippen molar-refractivity contribution >= 4 is 21.6 Å². The molecule has 0 aliphatic rings. The Balaban J connectivity index is 3.11. The van der Waals surface area contributed by atoms with Crippen LogP contribution in [0.15, 0.2) is 23.1 Å². The molecule has 0 saturated heterocycles. The molecule has 1 aromatic carbocycles. The van der Waals surface area contributed by atoms with Crippen LogP contribution in [-0.2, 0) is 10.0 Å². The van der Waals surface area contributed by atoms with E-state index in [4.69, 9.17) is 10.9 Å². The Morgan fingerprint density at radius 3 is 2.59 bits per heavy atom. The van der Waals surface area contributed by atoms with E-state index < -0.39 is 15.9 Å². The summed E-state index contributed by atoms with van der Waals surface area (Å²) in [5, 5.41) is 7.59. The molecule has 0 radical (unpaired) electrons. The third kappa shape index (κ3) is 3.43. The van der Waals surface area contributed by atoms with E-state index in [1.807, 2.05) is 6.92 Å². The fourth-order valence-corrected chi connectivity index (χ4v) is 1.78. The second-order valence-corrected chi connectivity index (χ2v) is 5.11. The molecule has 1 aromatic rings. The van der Waals surface area contributed by atoms with Crippen LogP contribution in [0, 0.1) is 0 Å². The maximum absolute atomic E-state index is 11.7. The van der Waals surface area contributed by atoms with E-state index in [0.717, 1.165) is 6.42 Å². The van der Waals surface area contributed by atoms with Gasteiger partial charge >= 0.3 is 0 Å². The molecule has 94 valence electrons. The molecule has 0 aliphatic carbocycles. The van der Waals surface area contributed by atoms with Crippen molar-refractivity contribution in [2.45, 2.75) is 18.2 Å². The SMILES string of the molecule is CCCNC(=O)c1cc(S(N)(=O)=O)ccc1N. The van der Waals surface area contributed by atoms with Gasteiger partial charge in [0.05, 0.1) is 10.5 Å². The molecule has 6 nitrogen and oxygen atoms in total. The number of nitrogens with two attached hydrogens (primary N) is 2. The van der Waals surface area contributed by atoms with Crippen LogP contribution >= 0.6 is 0 Å². The third-order valence-electron chi connectivity index (χ3n) is 2.13. The van der Waals surface area contributed by atoms with E-state index in [1.54, 1.807) is 0 Å². The number of nitrogens with one attached hydrogen (secondary N) is 1. The first-order valence-electron chi connectivity index (χ1n) is 5.06. The van der Waals surface area contributed by atoms with Crippen molar-refractivity contribution in [1.29, 1.82) is 0 Å². The van der Waals surface area contributed by atoms with E-state index in [1.165, 1.54) is 18.2 Å². The zero-order chi connectivity index (χ0) is 13.1. The standard InChI is InChI=1S/C10H15N3O3S/c1-2-5-13-10(14)8-6-7(17(12,15)16)3-4-9(8)11/h3-4,6H,2,5,11H2,1H3,(H,13,14)(H2,12,15,16). The molecule has 7 heteroatoms. The second kappa shape index (κ2) is 5.15. The minimum Gasteiger partial charge on any atom is -0.398 e. The smallest absolute Gasteiger partial charge is 0.253 e.